The molecule has 0 radical (unpaired) electrons. The van der Waals surface area contributed by atoms with E-state index in [1.54, 1.807) is 36.0 Å². The highest BCUT2D eigenvalue weighted by molar-refractivity contribution is 8.27. The molecule has 2 aromatic carbocycles. The number of hydrogen-bond donors (Lipinski definition) is 0. The molecule has 1 heterocycles. The van der Waals surface area contributed by atoms with E-state index in [1.165, 1.54) is 30.9 Å². The maximum Gasteiger partial charge on any atom is 0.343 e. The lowest BCUT2D eigenvalue weighted by Gasteiger charge is -2.15. The van der Waals surface area contributed by atoms with E-state index in [-0.39, 0.29) is 12.5 Å². The number of rotatable bonds is 7. The number of carbonyl (C=O) groups is 2. The number of methoxy groups -OCH3 is 2. The van der Waals surface area contributed by atoms with E-state index in [2.05, 4.69) is 4.74 Å². The number of esters is 1. The molecule has 6 nitrogen and oxygen atoms in total. The van der Waals surface area contributed by atoms with Crippen LogP contribution in [0.2, 0.25) is 0 Å². The molecule has 0 aromatic heterocycles. The first-order chi connectivity index (χ1) is 14.5. The molecule has 9 heteroatoms. The molecule has 0 unspecified atom stereocenters. The normalized spacial score (nSPS) is 14.9. The highest BCUT2D eigenvalue weighted by Crippen LogP contribution is 2.39. The van der Waals surface area contributed by atoms with Gasteiger partial charge in [0.1, 0.15) is 0 Å². The Kier molecular flexibility index (Phi) is 7.41. The number of thiocarbonyl (C=S) groups is 1. The molecule has 156 valence electrons. The zero-order valence-corrected chi connectivity index (χ0v) is 19.0. The van der Waals surface area contributed by atoms with Gasteiger partial charge in [-0.3, -0.25) is 9.69 Å². The topological polar surface area (TPSA) is 65.1 Å². The lowest BCUT2D eigenvalue weighted by Crippen LogP contribution is -2.27. The molecule has 30 heavy (non-hydrogen) atoms. The van der Waals surface area contributed by atoms with Crippen molar-refractivity contribution < 1.29 is 23.8 Å². The number of nitrogens with zero attached hydrogens (tertiary/aromatic N) is 1. The average molecular weight is 462 g/mol. The van der Waals surface area contributed by atoms with E-state index in [4.69, 9.17) is 21.7 Å². The standard InChI is InChI=1S/C21H19NO5S3/c1-25-16-9-4-6-13(19(16)27-12-18(23)26-2)10-17-20(24)22(21(28)30-17)14-7-5-8-15(11-14)29-3/h4-11H,12H2,1-3H3/b17-10+. The van der Waals surface area contributed by atoms with Gasteiger partial charge in [0.25, 0.3) is 5.91 Å². The Labute approximate surface area is 188 Å². The summed E-state index contributed by atoms with van der Waals surface area (Å²) in [6, 6.07) is 12.9. The predicted molar refractivity (Wildman–Crippen MR) is 124 cm³/mol. The van der Waals surface area contributed by atoms with Gasteiger partial charge in [-0.2, -0.15) is 0 Å². The first kappa shape index (κ1) is 22.2. The molecule has 1 fully saturated rings. The van der Waals surface area contributed by atoms with Gasteiger partial charge in [0.05, 0.1) is 24.8 Å². The van der Waals surface area contributed by atoms with Gasteiger partial charge < -0.3 is 14.2 Å². The Morgan fingerprint density at radius 1 is 1.23 bits per heavy atom. The molecule has 0 bridgehead atoms. The van der Waals surface area contributed by atoms with Crippen LogP contribution in [0.4, 0.5) is 5.69 Å². The fourth-order valence-electron chi connectivity index (χ4n) is 2.73. The van der Waals surface area contributed by atoms with Crippen molar-refractivity contribution in [3.8, 4) is 11.5 Å². The average Bonchev–Trinajstić information content (AvgIpc) is 3.05. The summed E-state index contributed by atoms with van der Waals surface area (Å²) in [4.78, 5) is 27.6. The summed E-state index contributed by atoms with van der Waals surface area (Å²) in [6.07, 6.45) is 3.66. The van der Waals surface area contributed by atoms with Crippen LogP contribution >= 0.6 is 35.7 Å². The molecule has 0 spiro atoms. The van der Waals surface area contributed by atoms with E-state index in [0.29, 0.717) is 26.3 Å². The number of carbonyl (C=O) groups excluding carboxylic acids is 2. The van der Waals surface area contributed by atoms with Gasteiger partial charge in [-0.05, 0) is 36.6 Å². The number of para-hydroxylation sites is 1. The summed E-state index contributed by atoms with van der Waals surface area (Å²) in [5, 5.41) is 0. The van der Waals surface area contributed by atoms with Gasteiger partial charge in [0, 0.05) is 10.5 Å². The van der Waals surface area contributed by atoms with Crippen molar-refractivity contribution in [2.45, 2.75) is 4.90 Å². The molecule has 2 aromatic rings. The smallest absolute Gasteiger partial charge is 0.343 e. The van der Waals surface area contributed by atoms with E-state index < -0.39 is 5.97 Å². The Morgan fingerprint density at radius 3 is 2.70 bits per heavy atom. The third-order valence-electron chi connectivity index (χ3n) is 4.18. The van der Waals surface area contributed by atoms with Crippen LogP contribution in [0.1, 0.15) is 5.56 Å². The summed E-state index contributed by atoms with van der Waals surface area (Å²) >= 11 is 8.26. The van der Waals surface area contributed by atoms with Crippen molar-refractivity contribution in [2.75, 3.05) is 32.0 Å². The molecule has 1 aliphatic rings. The largest absolute Gasteiger partial charge is 0.493 e. The number of anilines is 1. The van der Waals surface area contributed by atoms with Gasteiger partial charge in [0.2, 0.25) is 0 Å². The molecular formula is C21H19NO5S3. The Hall–Kier alpha value is -2.49. The van der Waals surface area contributed by atoms with E-state index in [0.717, 1.165) is 10.6 Å². The monoisotopic (exact) mass is 461 g/mol. The van der Waals surface area contributed by atoms with Gasteiger partial charge in [-0.1, -0.05) is 42.2 Å². The second-order valence-corrected chi connectivity index (χ2v) is 8.52. The zero-order chi connectivity index (χ0) is 21.7. The fraction of sp³-hybridized carbons (Fsp3) is 0.190. The third-order valence-corrected chi connectivity index (χ3v) is 6.21. The molecule has 1 aliphatic heterocycles. The minimum atomic E-state index is -0.521. The van der Waals surface area contributed by atoms with Gasteiger partial charge in [0.15, 0.2) is 22.4 Å². The number of ether oxygens (including phenoxy) is 3. The Morgan fingerprint density at radius 2 is 2.00 bits per heavy atom. The highest BCUT2D eigenvalue weighted by Gasteiger charge is 2.33. The first-order valence-electron chi connectivity index (χ1n) is 8.77. The fourth-order valence-corrected chi connectivity index (χ4v) is 4.48. The van der Waals surface area contributed by atoms with Crippen LogP contribution in [0.15, 0.2) is 52.3 Å². The minimum Gasteiger partial charge on any atom is -0.493 e. The minimum absolute atomic E-state index is 0.218. The summed E-state index contributed by atoms with van der Waals surface area (Å²) in [6.45, 7) is -0.278. The number of amides is 1. The van der Waals surface area contributed by atoms with Crippen molar-refractivity contribution in [3.63, 3.8) is 0 Å². The second kappa shape index (κ2) is 10.0. The summed E-state index contributed by atoms with van der Waals surface area (Å²) in [7, 11) is 2.79. The quantitative estimate of drug-likeness (QED) is 0.261. The molecule has 0 aliphatic carbocycles. The van der Waals surface area contributed by atoms with Crippen molar-refractivity contribution in [3.05, 3.63) is 52.9 Å². The highest BCUT2D eigenvalue weighted by atomic mass is 32.2. The molecule has 1 amide bonds. The molecular weight excluding hydrogens is 442 g/mol. The van der Waals surface area contributed by atoms with Gasteiger partial charge >= 0.3 is 5.97 Å². The SMILES string of the molecule is COC(=O)COc1c(/C=C2/SC(=S)N(c3cccc(SC)c3)C2=O)cccc1OC. The Balaban J connectivity index is 1.94. The van der Waals surface area contributed by atoms with Crippen molar-refractivity contribution in [1.82, 2.24) is 0 Å². The maximum absolute atomic E-state index is 13.1. The molecule has 0 atom stereocenters. The van der Waals surface area contributed by atoms with E-state index in [9.17, 15) is 9.59 Å². The number of thioether (sulfide) groups is 2. The first-order valence-corrected chi connectivity index (χ1v) is 11.2. The van der Waals surface area contributed by atoms with Gasteiger partial charge in [-0.25, -0.2) is 4.79 Å². The summed E-state index contributed by atoms with van der Waals surface area (Å²) < 4.78 is 16.0. The Bertz CT molecular complexity index is 1020. The van der Waals surface area contributed by atoms with Crippen LogP contribution in [0.5, 0.6) is 11.5 Å². The van der Waals surface area contributed by atoms with Crippen molar-refractivity contribution in [2.24, 2.45) is 0 Å². The van der Waals surface area contributed by atoms with Crippen molar-refractivity contribution >= 4 is 63.7 Å². The summed E-state index contributed by atoms with van der Waals surface area (Å²) in [5.41, 5.74) is 1.32. The zero-order valence-electron chi connectivity index (χ0n) is 16.5. The van der Waals surface area contributed by atoms with Gasteiger partial charge in [-0.15, -0.1) is 11.8 Å². The molecule has 1 saturated heterocycles. The van der Waals surface area contributed by atoms with Crippen LogP contribution in [-0.4, -0.2) is 43.3 Å². The van der Waals surface area contributed by atoms with E-state index >= 15 is 0 Å². The molecule has 0 saturated carbocycles. The number of hydrogen-bond acceptors (Lipinski definition) is 8. The summed E-state index contributed by atoms with van der Waals surface area (Å²) in [5.74, 6) is 0.0488. The molecule has 3 rings (SSSR count). The van der Waals surface area contributed by atoms with E-state index in [1.807, 2.05) is 30.5 Å². The van der Waals surface area contributed by atoms with Crippen LogP contribution in [0.3, 0.4) is 0 Å². The lowest BCUT2D eigenvalue weighted by atomic mass is 10.1. The second-order valence-electron chi connectivity index (χ2n) is 5.96. The van der Waals surface area contributed by atoms with Crippen LogP contribution in [0.25, 0.3) is 6.08 Å². The maximum atomic E-state index is 13.1. The van der Waals surface area contributed by atoms with Crippen LogP contribution < -0.4 is 14.4 Å². The van der Waals surface area contributed by atoms with Crippen LogP contribution in [0, 0.1) is 0 Å². The third kappa shape index (κ3) is 4.80. The van der Waals surface area contributed by atoms with Crippen molar-refractivity contribution in [1.29, 1.82) is 0 Å². The lowest BCUT2D eigenvalue weighted by molar-refractivity contribution is -0.142. The van der Waals surface area contributed by atoms with Crippen LogP contribution in [-0.2, 0) is 14.3 Å². The predicted octanol–water partition coefficient (Wildman–Crippen LogP) is 4.37. The number of benzene rings is 2. The molecule has 0 N–H and O–H groups in total.